The van der Waals surface area contributed by atoms with Crippen LogP contribution in [0.15, 0.2) is 59.5 Å². The number of nitrogens with one attached hydrogen (secondary N) is 1. The molecule has 0 bridgehead atoms. The van der Waals surface area contributed by atoms with Crippen LogP contribution in [-0.2, 0) is 20.7 Å². The molecule has 1 unspecified atom stereocenters. The Labute approximate surface area is 165 Å². The van der Waals surface area contributed by atoms with Gasteiger partial charge in [0.1, 0.15) is 0 Å². The van der Waals surface area contributed by atoms with Crippen molar-refractivity contribution in [2.75, 3.05) is 12.4 Å². The predicted octanol–water partition coefficient (Wildman–Crippen LogP) is 4.16. The van der Waals surface area contributed by atoms with Crippen molar-refractivity contribution in [3.8, 4) is 0 Å². The van der Waals surface area contributed by atoms with Crippen molar-refractivity contribution >= 4 is 23.6 Å². The molecule has 0 aliphatic carbocycles. The molecule has 144 valence electrons. The molecular formula is C22H27NO3S. The van der Waals surface area contributed by atoms with E-state index in [1.54, 1.807) is 11.8 Å². The summed E-state index contributed by atoms with van der Waals surface area (Å²) in [4.78, 5) is 24.8. The van der Waals surface area contributed by atoms with Gasteiger partial charge in [-0.3, -0.25) is 9.59 Å². The first-order valence-corrected chi connectivity index (χ1v) is 10.2. The minimum Gasteiger partial charge on any atom is -0.456 e. The van der Waals surface area contributed by atoms with Gasteiger partial charge >= 0.3 is 5.97 Å². The minimum absolute atomic E-state index is 0.0356. The molecule has 1 amide bonds. The molecule has 2 rings (SSSR count). The second-order valence-corrected chi connectivity index (χ2v) is 7.73. The number of carbonyl (C=O) groups is 2. The maximum atomic E-state index is 11.9. The summed E-state index contributed by atoms with van der Waals surface area (Å²) in [6, 6.07) is 18.4. The number of benzene rings is 2. The van der Waals surface area contributed by atoms with E-state index in [1.165, 1.54) is 11.1 Å². The molecule has 0 aliphatic heterocycles. The van der Waals surface area contributed by atoms with Crippen LogP contribution >= 0.6 is 11.8 Å². The largest absolute Gasteiger partial charge is 0.456 e. The SMILES string of the molecule is Cc1ccc(SCCC(=O)OCC(=O)NC(C)CCc2ccccc2)cc1. The van der Waals surface area contributed by atoms with Gasteiger partial charge in [-0.1, -0.05) is 48.0 Å². The van der Waals surface area contributed by atoms with E-state index in [4.69, 9.17) is 4.74 Å². The van der Waals surface area contributed by atoms with E-state index in [0.717, 1.165) is 17.7 Å². The Bertz CT molecular complexity index is 716. The summed E-state index contributed by atoms with van der Waals surface area (Å²) in [5.74, 6) is 0.0357. The molecule has 0 radical (unpaired) electrons. The second-order valence-electron chi connectivity index (χ2n) is 6.57. The number of aryl methyl sites for hydroxylation is 2. The van der Waals surface area contributed by atoms with Crippen molar-refractivity contribution in [1.82, 2.24) is 5.32 Å². The van der Waals surface area contributed by atoms with Gasteiger partial charge in [-0.25, -0.2) is 0 Å². The van der Waals surface area contributed by atoms with Crippen LogP contribution < -0.4 is 5.32 Å². The van der Waals surface area contributed by atoms with E-state index >= 15 is 0 Å². The molecule has 0 fully saturated rings. The Hall–Kier alpha value is -2.27. The van der Waals surface area contributed by atoms with Gasteiger partial charge < -0.3 is 10.1 Å². The van der Waals surface area contributed by atoms with Crippen LogP contribution in [0.1, 0.15) is 30.9 Å². The number of hydrogen-bond donors (Lipinski definition) is 1. The predicted molar refractivity (Wildman–Crippen MR) is 110 cm³/mol. The molecule has 0 aliphatic rings. The van der Waals surface area contributed by atoms with Gasteiger partial charge in [0.05, 0.1) is 6.42 Å². The zero-order valence-electron chi connectivity index (χ0n) is 15.9. The summed E-state index contributed by atoms with van der Waals surface area (Å²) in [6.45, 7) is 3.78. The lowest BCUT2D eigenvalue weighted by Gasteiger charge is -2.14. The number of rotatable bonds is 10. The number of thioether (sulfide) groups is 1. The van der Waals surface area contributed by atoms with Crippen molar-refractivity contribution in [3.63, 3.8) is 0 Å². The van der Waals surface area contributed by atoms with E-state index in [-0.39, 0.29) is 30.9 Å². The van der Waals surface area contributed by atoms with E-state index < -0.39 is 0 Å². The molecule has 4 nitrogen and oxygen atoms in total. The Kier molecular flexibility index (Phi) is 8.92. The first-order chi connectivity index (χ1) is 13.0. The van der Waals surface area contributed by atoms with Crippen LogP contribution in [0.4, 0.5) is 0 Å². The van der Waals surface area contributed by atoms with Gasteiger partial charge in [0, 0.05) is 16.7 Å². The number of esters is 1. The van der Waals surface area contributed by atoms with Crippen molar-refractivity contribution < 1.29 is 14.3 Å². The molecule has 5 heteroatoms. The van der Waals surface area contributed by atoms with Crippen LogP contribution in [-0.4, -0.2) is 30.3 Å². The first-order valence-electron chi connectivity index (χ1n) is 9.21. The number of hydrogen-bond acceptors (Lipinski definition) is 4. The average molecular weight is 386 g/mol. The average Bonchev–Trinajstić information content (AvgIpc) is 2.67. The van der Waals surface area contributed by atoms with Crippen LogP contribution in [0, 0.1) is 6.92 Å². The topological polar surface area (TPSA) is 55.4 Å². The summed E-state index contributed by atoms with van der Waals surface area (Å²) in [6.07, 6.45) is 2.03. The van der Waals surface area contributed by atoms with E-state index in [0.29, 0.717) is 5.75 Å². The van der Waals surface area contributed by atoms with Crippen molar-refractivity contribution in [2.45, 2.75) is 44.0 Å². The van der Waals surface area contributed by atoms with E-state index in [2.05, 4.69) is 17.4 Å². The number of amides is 1. The summed E-state index contributed by atoms with van der Waals surface area (Å²) in [5.41, 5.74) is 2.46. The maximum absolute atomic E-state index is 11.9. The van der Waals surface area contributed by atoms with Crippen LogP contribution in [0.25, 0.3) is 0 Å². The highest BCUT2D eigenvalue weighted by Gasteiger charge is 2.11. The third-order valence-electron chi connectivity index (χ3n) is 4.08. The monoisotopic (exact) mass is 385 g/mol. The van der Waals surface area contributed by atoms with Gasteiger partial charge in [0.25, 0.3) is 5.91 Å². The smallest absolute Gasteiger partial charge is 0.307 e. The Balaban J connectivity index is 1.57. The highest BCUT2D eigenvalue weighted by Crippen LogP contribution is 2.19. The van der Waals surface area contributed by atoms with Crippen LogP contribution in [0.5, 0.6) is 0 Å². The molecule has 0 heterocycles. The zero-order chi connectivity index (χ0) is 19.5. The second kappa shape index (κ2) is 11.4. The molecule has 1 atom stereocenters. The van der Waals surface area contributed by atoms with Gasteiger partial charge in [-0.05, 0) is 44.4 Å². The normalized spacial score (nSPS) is 11.6. The third-order valence-corrected chi connectivity index (χ3v) is 5.09. The van der Waals surface area contributed by atoms with Crippen LogP contribution in [0.2, 0.25) is 0 Å². The number of ether oxygens (including phenoxy) is 1. The lowest BCUT2D eigenvalue weighted by Crippen LogP contribution is -2.36. The molecular weight excluding hydrogens is 358 g/mol. The van der Waals surface area contributed by atoms with E-state index in [1.807, 2.05) is 56.3 Å². The highest BCUT2D eigenvalue weighted by molar-refractivity contribution is 7.99. The Morgan fingerprint density at radius 2 is 1.78 bits per heavy atom. The van der Waals surface area contributed by atoms with E-state index in [9.17, 15) is 9.59 Å². The molecule has 2 aromatic rings. The van der Waals surface area contributed by atoms with Crippen molar-refractivity contribution in [2.24, 2.45) is 0 Å². The quantitative estimate of drug-likeness (QED) is 0.493. The fourth-order valence-corrected chi connectivity index (χ4v) is 3.35. The Morgan fingerprint density at radius 1 is 1.07 bits per heavy atom. The molecule has 0 aromatic heterocycles. The van der Waals surface area contributed by atoms with Gasteiger partial charge in [0.15, 0.2) is 6.61 Å². The lowest BCUT2D eigenvalue weighted by molar-refractivity contribution is -0.148. The fraction of sp³-hybridized carbons (Fsp3) is 0.364. The van der Waals surface area contributed by atoms with Crippen molar-refractivity contribution in [1.29, 1.82) is 0 Å². The fourth-order valence-electron chi connectivity index (χ4n) is 2.52. The molecule has 1 N–H and O–H groups in total. The van der Waals surface area contributed by atoms with Gasteiger partial charge in [-0.2, -0.15) is 0 Å². The summed E-state index contributed by atoms with van der Waals surface area (Å²) >= 11 is 1.61. The zero-order valence-corrected chi connectivity index (χ0v) is 16.8. The molecule has 0 saturated carbocycles. The Morgan fingerprint density at radius 3 is 2.48 bits per heavy atom. The maximum Gasteiger partial charge on any atom is 0.307 e. The minimum atomic E-state index is -0.346. The summed E-state index contributed by atoms with van der Waals surface area (Å²) in [7, 11) is 0. The summed E-state index contributed by atoms with van der Waals surface area (Å²) in [5, 5.41) is 2.87. The third kappa shape index (κ3) is 8.78. The van der Waals surface area contributed by atoms with Gasteiger partial charge in [0.2, 0.25) is 0 Å². The number of carbonyl (C=O) groups excluding carboxylic acids is 2. The molecule has 2 aromatic carbocycles. The summed E-state index contributed by atoms with van der Waals surface area (Å²) < 4.78 is 5.06. The first kappa shape index (κ1) is 21.0. The standard InChI is InChI=1S/C22H27NO3S/c1-17-8-12-20(13-9-17)27-15-14-22(25)26-16-21(24)23-18(2)10-11-19-6-4-3-5-7-19/h3-9,12-13,18H,10-11,14-16H2,1-2H3,(H,23,24). The highest BCUT2D eigenvalue weighted by atomic mass is 32.2. The molecule has 0 spiro atoms. The van der Waals surface area contributed by atoms with Crippen molar-refractivity contribution in [3.05, 3.63) is 65.7 Å². The molecule has 27 heavy (non-hydrogen) atoms. The van der Waals surface area contributed by atoms with Crippen LogP contribution in [0.3, 0.4) is 0 Å². The molecule has 0 saturated heterocycles. The van der Waals surface area contributed by atoms with Gasteiger partial charge in [-0.15, -0.1) is 11.8 Å². The lowest BCUT2D eigenvalue weighted by atomic mass is 10.1.